The van der Waals surface area contributed by atoms with Crippen LogP contribution in [0.25, 0.3) is 0 Å². The Kier molecular flexibility index (Phi) is 16.1. The van der Waals surface area contributed by atoms with E-state index in [1.54, 1.807) is 0 Å². The first kappa shape index (κ1) is 20.4. The van der Waals surface area contributed by atoms with E-state index in [-0.39, 0.29) is 13.2 Å². The van der Waals surface area contributed by atoms with Crippen LogP contribution in [0.2, 0.25) is 0 Å². The second kappa shape index (κ2) is 15.8. The van der Waals surface area contributed by atoms with Crippen LogP contribution in [-0.2, 0) is 0 Å². The zero-order chi connectivity index (χ0) is 15.1. The van der Waals surface area contributed by atoms with Crippen molar-refractivity contribution >= 4 is 54.7 Å². The predicted octanol–water partition coefficient (Wildman–Crippen LogP) is 2.44. The summed E-state index contributed by atoms with van der Waals surface area (Å²) < 4.78 is 1.48. The van der Waals surface area contributed by atoms with Crippen molar-refractivity contribution in [2.45, 2.75) is 38.5 Å². The van der Waals surface area contributed by atoms with Crippen LogP contribution in [0.1, 0.15) is 38.5 Å². The fraction of sp³-hybridized carbons (Fsp3) is 0.833. The average Bonchev–Trinajstić information content (AvgIpc) is 2.44. The van der Waals surface area contributed by atoms with Crippen LogP contribution in [0.5, 0.6) is 0 Å². The van der Waals surface area contributed by atoms with Gasteiger partial charge in [-0.2, -0.15) is 0 Å². The minimum Gasteiger partial charge on any atom is -0.396 e. The van der Waals surface area contributed by atoms with Crippen molar-refractivity contribution in [1.29, 1.82) is 0 Å². The van der Waals surface area contributed by atoms with Crippen LogP contribution < -0.4 is 10.6 Å². The highest BCUT2D eigenvalue weighted by molar-refractivity contribution is 8.89. The van der Waals surface area contributed by atoms with Crippen LogP contribution in [0.4, 0.5) is 0 Å². The van der Waals surface area contributed by atoms with E-state index in [1.165, 1.54) is 21.6 Å². The minimum absolute atomic E-state index is 0.257. The van der Waals surface area contributed by atoms with E-state index in [0.29, 0.717) is 0 Å². The van der Waals surface area contributed by atoms with Crippen LogP contribution >= 0.6 is 46.0 Å². The van der Waals surface area contributed by atoms with Crippen molar-refractivity contribution < 1.29 is 10.2 Å². The van der Waals surface area contributed by atoms with Crippen molar-refractivity contribution in [1.82, 2.24) is 10.6 Å². The van der Waals surface area contributed by atoms with Gasteiger partial charge < -0.3 is 20.8 Å². The van der Waals surface area contributed by atoms with Crippen molar-refractivity contribution in [3.8, 4) is 0 Å². The van der Waals surface area contributed by atoms with Crippen molar-refractivity contribution in [2.75, 3.05) is 26.3 Å². The van der Waals surface area contributed by atoms with Gasteiger partial charge in [-0.15, -0.1) is 0 Å². The van der Waals surface area contributed by atoms with Crippen LogP contribution in [-0.4, -0.2) is 45.2 Å². The molecule has 0 aromatic heterocycles. The van der Waals surface area contributed by atoms with Gasteiger partial charge >= 0.3 is 0 Å². The second-order valence-electron chi connectivity index (χ2n) is 4.16. The van der Waals surface area contributed by atoms with E-state index < -0.39 is 0 Å². The lowest BCUT2D eigenvalue weighted by Crippen LogP contribution is -2.21. The molecular formula is C12H24N2O2S4. The standard InChI is InChI=1S/C12H24N2O2S4/c15-9-5-1-3-7-13-11(17)19-20-12(18)14-8-4-2-6-10-16/h15-16H,1-10H2,(H,13,17)(H,14,18). The summed E-state index contributed by atoms with van der Waals surface area (Å²) in [6, 6.07) is 0. The average molecular weight is 357 g/mol. The Morgan fingerprint density at radius 2 is 1.10 bits per heavy atom. The van der Waals surface area contributed by atoms with Crippen molar-refractivity contribution in [2.24, 2.45) is 0 Å². The van der Waals surface area contributed by atoms with E-state index in [9.17, 15) is 0 Å². The quantitative estimate of drug-likeness (QED) is 0.270. The van der Waals surface area contributed by atoms with E-state index in [2.05, 4.69) is 10.6 Å². The molecule has 0 aliphatic carbocycles. The highest BCUT2D eigenvalue weighted by Gasteiger charge is 2.02. The normalized spacial score (nSPS) is 10.3. The van der Waals surface area contributed by atoms with Crippen molar-refractivity contribution in [3.05, 3.63) is 0 Å². The molecule has 8 heteroatoms. The summed E-state index contributed by atoms with van der Waals surface area (Å²) in [4.78, 5) is 0. The summed E-state index contributed by atoms with van der Waals surface area (Å²) in [6.45, 7) is 2.20. The molecule has 0 saturated heterocycles. The molecule has 118 valence electrons. The molecule has 0 spiro atoms. The van der Waals surface area contributed by atoms with E-state index in [0.717, 1.165) is 60.3 Å². The maximum atomic E-state index is 8.65. The summed E-state index contributed by atoms with van der Waals surface area (Å²) in [6.07, 6.45) is 5.75. The Morgan fingerprint density at radius 3 is 1.45 bits per heavy atom. The monoisotopic (exact) mass is 356 g/mol. The molecule has 0 amide bonds. The van der Waals surface area contributed by atoms with E-state index >= 15 is 0 Å². The number of rotatable bonds is 10. The highest BCUT2D eigenvalue weighted by atomic mass is 33.1. The van der Waals surface area contributed by atoms with Crippen molar-refractivity contribution in [3.63, 3.8) is 0 Å². The molecule has 0 atom stereocenters. The molecule has 4 nitrogen and oxygen atoms in total. The smallest absolute Gasteiger partial charge is 0.144 e. The number of aliphatic hydroxyl groups excluding tert-OH is 2. The molecule has 0 aromatic carbocycles. The Labute approximate surface area is 140 Å². The first-order valence-corrected chi connectivity index (χ1v) is 9.79. The van der Waals surface area contributed by atoms with Gasteiger partial charge in [0.25, 0.3) is 0 Å². The van der Waals surface area contributed by atoms with Crippen LogP contribution in [0.3, 0.4) is 0 Å². The third kappa shape index (κ3) is 14.8. The Hall–Kier alpha value is 0.400. The van der Waals surface area contributed by atoms with Crippen LogP contribution in [0, 0.1) is 0 Å². The summed E-state index contributed by atoms with van der Waals surface area (Å²) in [7, 11) is 2.92. The van der Waals surface area contributed by atoms with Gasteiger partial charge in [0.15, 0.2) is 0 Å². The first-order chi connectivity index (χ1) is 9.70. The number of aliphatic hydroxyl groups is 2. The highest BCUT2D eigenvalue weighted by Crippen LogP contribution is 2.22. The van der Waals surface area contributed by atoms with Gasteiger partial charge in [0.05, 0.1) is 0 Å². The SMILES string of the molecule is OCCCCCNC(=S)SSC(=S)NCCCCCO. The van der Waals surface area contributed by atoms with Gasteiger partial charge in [0, 0.05) is 26.3 Å². The summed E-state index contributed by atoms with van der Waals surface area (Å²) >= 11 is 10.4. The molecule has 4 N–H and O–H groups in total. The topological polar surface area (TPSA) is 64.5 Å². The van der Waals surface area contributed by atoms with Gasteiger partial charge in [-0.05, 0) is 60.1 Å². The first-order valence-electron chi connectivity index (χ1n) is 6.82. The minimum atomic E-state index is 0.257. The van der Waals surface area contributed by atoms with Gasteiger partial charge in [-0.25, -0.2) is 0 Å². The zero-order valence-corrected chi connectivity index (χ0v) is 14.9. The Morgan fingerprint density at radius 1 is 0.700 bits per heavy atom. The van der Waals surface area contributed by atoms with Gasteiger partial charge in [-0.1, -0.05) is 24.4 Å². The van der Waals surface area contributed by atoms with Gasteiger partial charge in [0.2, 0.25) is 0 Å². The summed E-state index contributed by atoms with van der Waals surface area (Å²) in [5.74, 6) is 0. The lowest BCUT2D eigenvalue weighted by Gasteiger charge is -2.08. The van der Waals surface area contributed by atoms with Gasteiger partial charge in [0.1, 0.15) is 8.64 Å². The Balaban J connectivity index is 3.37. The van der Waals surface area contributed by atoms with E-state index in [4.69, 9.17) is 34.6 Å². The molecule has 0 aliphatic heterocycles. The molecule has 0 bridgehead atoms. The Bertz CT molecular complexity index is 242. The van der Waals surface area contributed by atoms with Crippen LogP contribution in [0.15, 0.2) is 0 Å². The number of nitrogens with one attached hydrogen (secondary N) is 2. The molecule has 0 unspecified atom stereocenters. The number of thiocarbonyl (C=S) groups is 2. The molecule has 0 radical (unpaired) electrons. The fourth-order valence-electron chi connectivity index (χ4n) is 1.34. The van der Waals surface area contributed by atoms with E-state index in [1.807, 2.05) is 0 Å². The molecule has 20 heavy (non-hydrogen) atoms. The molecule has 0 rings (SSSR count). The lowest BCUT2D eigenvalue weighted by atomic mass is 10.2. The maximum absolute atomic E-state index is 8.65. The number of hydrogen-bond acceptors (Lipinski definition) is 6. The lowest BCUT2D eigenvalue weighted by molar-refractivity contribution is 0.283. The van der Waals surface area contributed by atoms with Gasteiger partial charge in [-0.3, -0.25) is 0 Å². The molecule has 0 saturated carbocycles. The molecule has 0 aromatic rings. The third-order valence-corrected chi connectivity index (χ3v) is 5.75. The molecule has 0 aliphatic rings. The number of hydrogen-bond donors (Lipinski definition) is 4. The summed E-state index contributed by atoms with van der Waals surface area (Å²) in [5, 5.41) is 23.6. The molecule has 0 heterocycles. The fourth-order valence-corrected chi connectivity index (χ4v) is 3.44. The summed E-state index contributed by atoms with van der Waals surface area (Å²) in [5.41, 5.74) is 0. The maximum Gasteiger partial charge on any atom is 0.144 e. The predicted molar refractivity (Wildman–Crippen MR) is 98.3 cm³/mol. The zero-order valence-electron chi connectivity index (χ0n) is 11.6. The second-order valence-corrected chi connectivity index (χ2v) is 7.65. The molecule has 0 fully saturated rings. The largest absolute Gasteiger partial charge is 0.396 e. The molecular weight excluding hydrogens is 332 g/mol. The third-order valence-electron chi connectivity index (χ3n) is 2.40. The number of unbranched alkanes of at least 4 members (excludes halogenated alkanes) is 4.